The molecule has 4 rings (SSSR count). The molecule has 1 fully saturated rings. The molecule has 23 heavy (non-hydrogen) atoms. The van der Waals surface area contributed by atoms with E-state index >= 15 is 0 Å². The van der Waals surface area contributed by atoms with Crippen molar-refractivity contribution in [2.24, 2.45) is 11.8 Å². The first-order valence-corrected chi connectivity index (χ1v) is 8.92. The predicted octanol–water partition coefficient (Wildman–Crippen LogP) is 3.88. The molecular formula is C19H19BrNO2. The summed E-state index contributed by atoms with van der Waals surface area (Å²) in [4.78, 5) is 11.9. The second-order valence-electron chi connectivity index (χ2n) is 6.53. The van der Waals surface area contributed by atoms with E-state index in [-0.39, 0.29) is 5.91 Å². The summed E-state index contributed by atoms with van der Waals surface area (Å²) in [6.45, 7) is 1.36. The maximum Gasteiger partial charge on any atom is 0.220 e. The molecule has 4 heteroatoms. The maximum atomic E-state index is 11.9. The number of carbonyl (C=O) groups excluding carboxylic acids is 1. The van der Waals surface area contributed by atoms with Gasteiger partial charge in [-0.1, -0.05) is 28.1 Å². The molecule has 0 spiro atoms. The zero-order valence-corrected chi connectivity index (χ0v) is 14.4. The molecule has 1 saturated carbocycles. The van der Waals surface area contributed by atoms with Gasteiger partial charge >= 0.3 is 0 Å². The third-order valence-corrected chi connectivity index (χ3v) is 5.12. The molecule has 1 aliphatic carbocycles. The molecule has 0 saturated heterocycles. The van der Waals surface area contributed by atoms with Crippen LogP contribution in [0.15, 0.2) is 34.8 Å². The average Bonchev–Trinajstić information content (AvgIpc) is 3.36. The third-order valence-electron chi connectivity index (χ3n) is 4.62. The molecule has 3 nitrogen and oxygen atoms in total. The summed E-state index contributed by atoms with van der Waals surface area (Å²) in [6.07, 6.45) is 4.86. The van der Waals surface area contributed by atoms with E-state index in [0.29, 0.717) is 31.4 Å². The normalized spacial score (nSPS) is 20.0. The number of carbonyl (C=O) groups is 1. The van der Waals surface area contributed by atoms with Gasteiger partial charge in [0.1, 0.15) is 5.75 Å². The Morgan fingerprint density at radius 1 is 1.30 bits per heavy atom. The Labute approximate surface area is 144 Å². The van der Waals surface area contributed by atoms with Gasteiger partial charge in [-0.25, -0.2) is 0 Å². The summed E-state index contributed by atoms with van der Waals surface area (Å²) in [5.74, 6) is 1.99. The fourth-order valence-electron chi connectivity index (χ4n) is 3.20. The van der Waals surface area contributed by atoms with E-state index in [0.717, 1.165) is 23.1 Å². The highest BCUT2D eigenvalue weighted by Gasteiger charge is 2.26. The number of ether oxygens (including phenoxy) is 1. The molecular weight excluding hydrogens is 354 g/mol. The smallest absolute Gasteiger partial charge is 0.220 e. The van der Waals surface area contributed by atoms with Gasteiger partial charge in [0.25, 0.3) is 0 Å². The lowest BCUT2D eigenvalue weighted by molar-refractivity contribution is -0.121. The summed E-state index contributed by atoms with van der Waals surface area (Å²) >= 11 is 3.55. The van der Waals surface area contributed by atoms with Crippen molar-refractivity contribution in [1.29, 1.82) is 0 Å². The summed E-state index contributed by atoms with van der Waals surface area (Å²) in [7, 11) is 0. The molecule has 119 valence electrons. The first-order valence-electron chi connectivity index (χ1n) is 8.13. The standard InChI is InChI=1S/C19H19BrNO2/c20-15-5-3-14-4-6-18-17(16(14)9-15)7-13(11-23-18)10-21-19(22)8-12-1-2-12/h1,3-6,9,12-13H,2,7-8,10-11H2,(H,21,22). The van der Waals surface area contributed by atoms with Crippen LogP contribution in [0.2, 0.25) is 0 Å². The Morgan fingerprint density at radius 2 is 2.13 bits per heavy atom. The summed E-state index contributed by atoms with van der Waals surface area (Å²) < 4.78 is 7.02. The molecule has 1 heterocycles. The van der Waals surface area contributed by atoms with Gasteiger partial charge in [0.05, 0.1) is 6.61 Å². The summed E-state index contributed by atoms with van der Waals surface area (Å²) in [6, 6.07) is 10.5. The number of amides is 1. The molecule has 0 aromatic heterocycles. The lowest BCUT2D eigenvalue weighted by atomic mass is 9.92. The van der Waals surface area contributed by atoms with Gasteiger partial charge in [-0.15, -0.1) is 0 Å². The molecule has 2 unspecified atom stereocenters. The highest BCUT2D eigenvalue weighted by Crippen LogP contribution is 2.35. The lowest BCUT2D eigenvalue weighted by Crippen LogP contribution is -2.35. The molecule has 1 N–H and O–H groups in total. The minimum Gasteiger partial charge on any atom is -0.493 e. The number of hydrogen-bond acceptors (Lipinski definition) is 2. The van der Waals surface area contributed by atoms with E-state index in [9.17, 15) is 4.79 Å². The Bertz CT molecular complexity index is 754. The first kappa shape index (κ1) is 15.0. The average molecular weight is 373 g/mol. The second-order valence-corrected chi connectivity index (χ2v) is 7.44. The summed E-state index contributed by atoms with van der Waals surface area (Å²) in [5, 5.41) is 5.53. The van der Waals surface area contributed by atoms with Crippen LogP contribution in [0.4, 0.5) is 0 Å². The number of fused-ring (bicyclic) bond motifs is 3. The van der Waals surface area contributed by atoms with Crippen molar-refractivity contribution >= 4 is 32.6 Å². The molecule has 1 aliphatic heterocycles. The van der Waals surface area contributed by atoms with Crippen molar-refractivity contribution in [2.75, 3.05) is 13.2 Å². The number of hydrogen-bond donors (Lipinski definition) is 1. The SMILES string of the molecule is O=C(CC1[CH]C1)NCC1COc2ccc3ccc(Br)cc3c2C1. The van der Waals surface area contributed by atoms with Crippen molar-refractivity contribution in [3.8, 4) is 5.75 Å². The van der Waals surface area contributed by atoms with Crippen molar-refractivity contribution in [1.82, 2.24) is 5.32 Å². The summed E-state index contributed by atoms with van der Waals surface area (Å²) in [5.41, 5.74) is 1.25. The Hall–Kier alpha value is -1.55. The van der Waals surface area contributed by atoms with Gasteiger partial charge in [-0.3, -0.25) is 4.79 Å². The zero-order valence-electron chi connectivity index (χ0n) is 12.8. The van der Waals surface area contributed by atoms with Gasteiger partial charge in [0.15, 0.2) is 0 Å². The minimum absolute atomic E-state index is 0.162. The van der Waals surface area contributed by atoms with Crippen LogP contribution in [0.25, 0.3) is 10.8 Å². The van der Waals surface area contributed by atoms with Crippen LogP contribution in [0.3, 0.4) is 0 Å². The van der Waals surface area contributed by atoms with Gasteiger partial charge in [-0.05, 0) is 54.2 Å². The van der Waals surface area contributed by atoms with E-state index in [4.69, 9.17) is 4.74 Å². The van der Waals surface area contributed by atoms with E-state index in [1.54, 1.807) is 0 Å². The van der Waals surface area contributed by atoms with Crippen LogP contribution in [0.1, 0.15) is 18.4 Å². The topological polar surface area (TPSA) is 38.3 Å². The largest absolute Gasteiger partial charge is 0.493 e. The quantitative estimate of drug-likeness (QED) is 0.883. The van der Waals surface area contributed by atoms with Gasteiger partial charge in [-0.2, -0.15) is 0 Å². The van der Waals surface area contributed by atoms with Crippen LogP contribution in [-0.4, -0.2) is 19.1 Å². The predicted molar refractivity (Wildman–Crippen MR) is 94.4 cm³/mol. The third kappa shape index (κ3) is 3.37. The number of nitrogens with one attached hydrogen (secondary N) is 1. The van der Waals surface area contributed by atoms with Crippen LogP contribution in [0.5, 0.6) is 5.75 Å². The fourth-order valence-corrected chi connectivity index (χ4v) is 3.56. The van der Waals surface area contributed by atoms with Crippen molar-refractivity contribution in [3.63, 3.8) is 0 Å². The Balaban J connectivity index is 1.48. The maximum absolute atomic E-state index is 11.9. The molecule has 1 amide bonds. The van der Waals surface area contributed by atoms with E-state index in [1.807, 2.05) is 0 Å². The molecule has 1 radical (unpaired) electrons. The minimum atomic E-state index is 0.162. The monoisotopic (exact) mass is 372 g/mol. The second kappa shape index (κ2) is 6.16. The van der Waals surface area contributed by atoms with E-state index in [2.05, 4.69) is 58.0 Å². The molecule has 2 aliphatic rings. The van der Waals surface area contributed by atoms with Gasteiger partial charge < -0.3 is 10.1 Å². The van der Waals surface area contributed by atoms with Crippen LogP contribution in [-0.2, 0) is 11.2 Å². The van der Waals surface area contributed by atoms with E-state index in [1.165, 1.54) is 16.3 Å². The van der Waals surface area contributed by atoms with Gasteiger partial charge in [0, 0.05) is 28.9 Å². The fraction of sp³-hybridized carbons (Fsp3) is 0.368. The van der Waals surface area contributed by atoms with Crippen molar-refractivity contribution < 1.29 is 9.53 Å². The zero-order chi connectivity index (χ0) is 15.8. The van der Waals surface area contributed by atoms with Crippen molar-refractivity contribution in [3.05, 3.63) is 46.8 Å². The lowest BCUT2D eigenvalue weighted by Gasteiger charge is -2.26. The molecule has 2 aromatic carbocycles. The first-order chi connectivity index (χ1) is 11.2. The van der Waals surface area contributed by atoms with Crippen molar-refractivity contribution in [2.45, 2.75) is 19.3 Å². The number of halogens is 1. The highest BCUT2D eigenvalue weighted by molar-refractivity contribution is 9.10. The molecule has 0 bridgehead atoms. The van der Waals surface area contributed by atoms with E-state index < -0.39 is 0 Å². The molecule has 2 aromatic rings. The Morgan fingerprint density at radius 3 is 2.96 bits per heavy atom. The van der Waals surface area contributed by atoms with Crippen LogP contribution < -0.4 is 10.1 Å². The van der Waals surface area contributed by atoms with Crippen LogP contribution >= 0.6 is 15.9 Å². The van der Waals surface area contributed by atoms with Gasteiger partial charge in [0.2, 0.25) is 5.91 Å². The highest BCUT2D eigenvalue weighted by atomic mass is 79.9. The van der Waals surface area contributed by atoms with Crippen LogP contribution in [0, 0.1) is 18.3 Å². The Kier molecular flexibility index (Phi) is 4.02. The number of benzene rings is 2. The molecule has 2 atom stereocenters. The number of rotatable bonds is 4.